The van der Waals surface area contributed by atoms with Crippen LogP contribution >= 0.6 is 0 Å². The van der Waals surface area contributed by atoms with Gasteiger partial charge in [0.1, 0.15) is 0 Å². The first-order valence-corrected chi connectivity index (χ1v) is 10.0. The highest BCUT2D eigenvalue weighted by molar-refractivity contribution is 6.12. The first kappa shape index (κ1) is 17.2. The van der Waals surface area contributed by atoms with Crippen LogP contribution in [0.2, 0.25) is 0 Å². The summed E-state index contributed by atoms with van der Waals surface area (Å²) in [5.74, 6) is 0. The van der Waals surface area contributed by atoms with Crippen molar-refractivity contribution in [2.24, 2.45) is 5.41 Å². The van der Waals surface area contributed by atoms with Crippen molar-refractivity contribution < 1.29 is 0 Å². The van der Waals surface area contributed by atoms with Crippen molar-refractivity contribution in [3.63, 3.8) is 0 Å². The predicted octanol–water partition coefficient (Wildman–Crippen LogP) is 7.45. The minimum atomic E-state index is 0.250. The summed E-state index contributed by atoms with van der Waals surface area (Å²) in [4.78, 5) is 4.85. The lowest BCUT2D eigenvalue weighted by atomic mass is 9.85. The largest absolute Gasteiger partial charge is 0.256 e. The Labute approximate surface area is 167 Å². The second kappa shape index (κ2) is 6.04. The number of benzene rings is 3. The number of fused-ring (bicyclic) bond motifs is 5. The Morgan fingerprint density at radius 2 is 1.50 bits per heavy atom. The smallest absolute Gasteiger partial charge is 0.0792 e. The van der Waals surface area contributed by atoms with Crippen molar-refractivity contribution in [2.75, 3.05) is 0 Å². The van der Waals surface area contributed by atoms with Crippen LogP contribution in [-0.4, -0.2) is 4.98 Å². The molecule has 1 heteroatoms. The molecule has 0 atom stereocenters. The molecule has 4 aromatic rings. The van der Waals surface area contributed by atoms with Gasteiger partial charge in [-0.15, -0.1) is 0 Å². The number of aromatic nitrogens is 1. The molecular formula is C27H25N. The predicted molar refractivity (Wildman–Crippen MR) is 120 cm³/mol. The summed E-state index contributed by atoms with van der Waals surface area (Å²) in [6.07, 6.45) is 3.02. The van der Waals surface area contributed by atoms with Gasteiger partial charge in [0.2, 0.25) is 0 Å². The molecule has 28 heavy (non-hydrogen) atoms. The molecule has 1 heterocycles. The summed E-state index contributed by atoms with van der Waals surface area (Å²) < 4.78 is 0. The van der Waals surface area contributed by atoms with Crippen LogP contribution in [-0.2, 0) is 6.42 Å². The van der Waals surface area contributed by atoms with Gasteiger partial charge in [0, 0.05) is 17.1 Å². The Bertz CT molecular complexity index is 1220. The highest BCUT2D eigenvalue weighted by Gasteiger charge is 2.23. The monoisotopic (exact) mass is 363 g/mol. The van der Waals surface area contributed by atoms with Gasteiger partial charge < -0.3 is 0 Å². The third-order valence-corrected chi connectivity index (χ3v) is 5.60. The summed E-state index contributed by atoms with van der Waals surface area (Å²) in [7, 11) is 0. The molecule has 0 saturated carbocycles. The zero-order valence-corrected chi connectivity index (χ0v) is 17.0. The van der Waals surface area contributed by atoms with E-state index in [1.165, 1.54) is 49.7 Å². The topological polar surface area (TPSA) is 12.9 Å². The van der Waals surface area contributed by atoms with Crippen molar-refractivity contribution in [2.45, 2.75) is 34.1 Å². The molecule has 0 saturated heterocycles. The van der Waals surface area contributed by atoms with E-state index in [2.05, 4.69) is 88.4 Å². The van der Waals surface area contributed by atoms with Gasteiger partial charge >= 0.3 is 0 Å². The van der Waals surface area contributed by atoms with Crippen molar-refractivity contribution in [1.82, 2.24) is 4.98 Å². The molecule has 0 radical (unpaired) electrons. The van der Waals surface area contributed by atoms with E-state index in [1.54, 1.807) is 0 Å². The molecule has 0 spiro atoms. The third kappa shape index (κ3) is 2.74. The highest BCUT2D eigenvalue weighted by atomic mass is 14.7. The minimum absolute atomic E-state index is 0.250. The quantitative estimate of drug-likeness (QED) is 0.301. The minimum Gasteiger partial charge on any atom is -0.256 e. The zero-order valence-electron chi connectivity index (χ0n) is 17.0. The van der Waals surface area contributed by atoms with Gasteiger partial charge in [0.25, 0.3) is 0 Å². The van der Waals surface area contributed by atoms with E-state index in [0.29, 0.717) is 0 Å². The van der Waals surface area contributed by atoms with Crippen LogP contribution in [0, 0.1) is 12.3 Å². The highest BCUT2D eigenvalue weighted by Crippen LogP contribution is 2.47. The summed E-state index contributed by atoms with van der Waals surface area (Å²) in [6.45, 7) is 9.09. The van der Waals surface area contributed by atoms with E-state index in [9.17, 15) is 0 Å². The van der Waals surface area contributed by atoms with Crippen LogP contribution < -0.4 is 0 Å². The molecule has 3 aromatic carbocycles. The lowest BCUT2D eigenvalue weighted by Gasteiger charge is -2.20. The molecule has 1 aliphatic carbocycles. The summed E-state index contributed by atoms with van der Waals surface area (Å²) in [6, 6.07) is 22.5. The second-order valence-electron chi connectivity index (χ2n) is 9.23. The molecule has 0 fully saturated rings. The van der Waals surface area contributed by atoms with Gasteiger partial charge in [-0.3, -0.25) is 4.98 Å². The fourth-order valence-corrected chi connectivity index (χ4v) is 4.55. The van der Waals surface area contributed by atoms with Gasteiger partial charge in [-0.2, -0.15) is 0 Å². The number of pyridine rings is 1. The van der Waals surface area contributed by atoms with E-state index < -0.39 is 0 Å². The van der Waals surface area contributed by atoms with Gasteiger partial charge in [-0.25, -0.2) is 0 Å². The molecule has 0 aliphatic heterocycles. The lowest BCUT2D eigenvalue weighted by Crippen LogP contribution is -2.09. The standard InChI is InChI=1S/C27H25N/c1-17-9-10-21-23(13-17)20-7-5-6-8-22(20)26-25-19(11-12-28-26)14-18(15-24(21)25)16-27(2,3)4/h5-15H,16H2,1-4H3. The normalized spacial score (nSPS) is 12.4. The number of aryl methyl sites for hydroxylation is 1. The molecule has 1 aliphatic rings. The third-order valence-electron chi connectivity index (χ3n) is 5.60. The summed E-state index contributed by atoms with van der Waals surface area (Å²) >= 11 is 0. The van der Waals surface area contributed by atoms with Gasteiger partial charge in [0.05, 0.1) is 5.69 Å². The average Bonchev–Trinajstić information content (AvgIpc) is 2.76. The molecule has 0 N–H and O–H groups in total. The van der Waals surface area contributed by atoms with Crippen LogP contribution in [0.4, 0.5) is 0 Å². The second-order valence-corrected chi connectivity index (χ2v) is 9.23. The maximum absolute atomic E-state index is 4.85. The fourth-order valence-electron chi connectivity index (χ4n) is 4.55. The zero-order chi connectivity index (χ0) is 19.5. The Hall–Kier alpha value is -2.93. The SMILES string of the molecule is Cc1ccc2c(c1)-c1ccccc1-c1nccc3cc(CC(C)(C)C)cc-2c13. The molecule has 138 valence electrons. The van der Waals surface area contributed by atoms with E-state index in [0.717, 1.165) is 12.1 Å². The van der Waals surface area contributed by atoms with E-state index in [1.807, 2.05) is 6.20 Å². The molecule has 1 aromatic heterocycles. The Balaban J connectivity index is 1.94. The number of nitrogens with zero attached hydrogens (tertiary/aromatic N) is 1. The molecule has 0 unspecified atom stereocenters. The van der Waals surface area contributed by atoms with Crippen molar-refractivity contribution in [3.05, 3.63) is 78.0 Å². The molecule has 0 amide bonds. The molecule has 0 bridgehead atoms. The Morgan fingerprint density at radius 1 is 0.750 bits per heavy atom. The first-order chi connectivity index (χ1) is 13.4. The first-order valence-electron chi connectivity index (χ1n) is 10.0. The van der Waals surface area contributed by atoms with Crippen LogP contribution in [0.25, 0.3) is 44.3 Å². The van der Waals surface area contributed by atoms with E-state index in [-0.39, 0.29) is 5.41 Å². The molecular weight excluding hydrogens is 338 g/mol. The summed E-state index contributed by atoms with van der Waals surface area (Å²) in [5, 5.41) is 2.56. The van der Waals surface area contributed by atoms with Gasteiger partial charge in [-0.1, -0.05) is 80.9 Å². The average molecular weight is 364 g/mol. The number of hydrogen-bond donors (Lipinski definition) is 0. The molecule has 5 rings (SSSR count). The maximum Gasteiger partial charge on any atom is 0.0792 e. The van der Waals surface area contributed by atoms with Gasteiger partial charge in [0.15, 0.2) is 0 Å². The van der Waals surface area contributed by atoms with Crippen LogP contribution in [0.1, 0.15) is 31.9 Å². The fraction of sp³-hybridized carbons (Fsp3) is 0.222. The van der Waals surface area contributed by atoms with Crippen LogP contribution in [0.5, 0.6) is 0 Å². The van der Waals surface area contributed by atoms with Crippen LogP contribution in [0.15, 0.2) is 66.9 Å². The van der Waals surface area contributed by atoms with Crippen molar-refractivity contribution >= 4 is 10.8 Å². The van der Waals surface area contributed by atoms with Crippen molar-refractivity contribution in [3.8, 4) is 33.5 Å². The van der Waals surface area contributed by atoms with E-state index >= 15 is 0 Å². The molecule has 1 nitrogen and oxygen atoms in total. The Morgan fingerprint density at radius 3 is 2.29 bits per heavy atom. The maximum atomic E-state index is 4.85. The number of rotatable bonds is 1. The van der Waals surface area contributed by atoms with Crippen molar-refractivity contribution in [1.29, 1.82) is 0 Å². The van der Waals surface area contributed by atoms with Gasteiger partial charge in [-0.05, 0) is 58.0 Å². The number of hydrogen-bond acceptors (Lipinski definition) is 1. The lowest BCUT2D eigenvalue weighted by molar-refractivity contribution is 0.411. The Kier molecular flexibility index (Phi) is 3.71. The summed E-state index contributed by atoms with van der Waals surface area (Å²) in [5.41, 5.74) is 10.5. The van der Waals surface area contributed by atoms with E-state index in [4.69, 9.17) is 4.98 Å². The van der Waals surface area contributed by atoms with Crippen LogP contribution in [0.3, 0.4) is 0 Å².